The van der Waals surface area contributed by atoms with Crippen LogP contribution in [0.25, 0.3) is 0 Å². The molecule has 1 aromatic rings. The van der Waals surface area contributed by atoms with Gasteiger partial charge in [0.2, 0.25) is 5.91 Å². The monoisotopic (exact) mass is 376 g/mol. The van der Waals surface area contributed by atoms with Crippen LogP contribution in [0.4, 0.5) is 0 Å². The fourth-order valence-electron chi connectivity index (χ4n) is 5.00. The summed E-state index contributed by atoms with van der Waals surface area (Å²) in [5, 5.41) is 3.96. The fraction of sp³-hybridized carbons (Fsp3) is 0.667. The maximum atomic E-state index is 12.3. The van der Waals surface area contributed by atoms with Gasteiger partial charge in [0.05, 0.1) is 11.7 Å². The van der Waals surface area contributed by atoms with Crippen molar-refractivity contribution in [2.45, 2.75) is 51.9 Å². The molecule has 3 aliphatic rings. The first kappa shape index (κ1) is 18.3. The van der Waals surface area contributed by atoms with Crippen molar-refractivity contribution in [2.75, 3.05) is 19.6 Å². The molecule has 0 radical (unpaired) electrons. The minimum absolute atomic E-state index is 0.00815. The average molecular weight is 377 g/mol. The van der Waals surface area contributed by atoms with Gasteiger partial charge in [0.25, 0.3) is 0 Å². The van der Waals surface area contributed by atoms with Crippen LogP contribution >= 0.6 is 11.6 Å². The van der Waals surface area contributed by atoms with Gasteiger partial charge < -0.3 is 10.1 Å². The number of likely N-dealkylation sites (tertiary alicyclic amines) is 1. The lowest BCUT2D eigenvalue weighted by Crippen LogP contribution is -2.44. The Morgan fingerprint density at radius 3 is 2.77 bits per heavy atom. The van der Waals surface area contributed by atoms with Gasteiger partial charge in [-0.1, -0.05) is 44.5 Å². The lowest BCUT2D eigenvalue weighted by molar-refractivity contribution is -0.128. The minimum atomic E-state index is -0.341. The van der Waals surface area contributed by atoms with Crippen molar-refractivity contribution in [1.82, 2.24) is 10.2 Å². The second-order valence-electron chi connectivity index (χ2n) is 9.29. The van der Waals surface area contributed by atoms with Crippen LogP contribution in [0.3, 0.4) is 0 Å². The number of rotatable bonds is 4. The molecule has 5 heteroatoms. The molecule has 0 unspecified atom stereocenters. The van der Waals surface area contributed by atoms with Gasteiger partial charge in [0, 0.05) is 48.5 Å². The van der Waals surface area contributed by atoms with E-state index in [1.807, 2.05) is 32.9 Å². The molecule has 1 spiro atoms. The molecule has 1 amide bonds. The van der Waals surface area contributed by atoms with E-state index >= 15 is 0 Å². The molecular weight excluding hydrogens is 348 g/mol. The van der Waals surface area contributed by atoms with E-state index in [9.17, 15) is 4.79 Å². The fourth-order valence-corrected chi connectivity index (χ4v) is 5.13. The molecule has 1 aromatic carbocycles. The number of carbonyl (C=O) groups excluding carboxylic acids is 1. The first-order valence-corrected chi connectivity index (χ1v) is 10.1. The van der Waals surface area contributed by atoms with Crippen molar-refractivity contribution in [3.8, 4) is 0 Å². The van der Waals surface area contributed by atoms with Crippen LogP contribution in [0.1, 0.15) is 39.2 Å². The summed E-state index contributed by atoms with van der Waals surface area (Å²) >= 11 is 6.00. The van der Waals surface area contributed by atoms with E-state index in [4.69, 9.17) is 16.3 Å². The Bertz CT molecular complexity index is 684. The standard InChI is InChI=1S/C21H29ClN2O2/c1-20(2,3)19(25)23-10-16-17-12-24(11-14-4-6-15(22)7-5-14)13-21(17)9-8-18(16)26-21/h4-7,16-18H,8-13H2,1-3H3,(H,23,25)/t16-,17+,18+,21+/m0/s1. The number of halogens is 1. The Kier molecular flexibility index (Phi) is 4.57. The molecule has 2 bridgehead atoms. The van der Waals surface area contributed by atoms with Crippen molar-refractivity contribution >= 4 is 17.5 Å². The Morgan fingerprint density at radius 1 is 1.35 bits per heavy atom. The molecule has 0 saturated carbocycles. The molecule has 4 rings (SSSR count). The molecule has 0 aliphatic carbocycles. The molecule has 3 aliphatic heterocycles. The van der Waals surface area contributed by atoms with Crippen LogP contribution in [-0.4, -0.2) is 42.1 Å². The molecule has 26 heavy (non-hydrogen) atoms. The van der Waals surface area contributed by atoms with E-state index in [-0.39, 0.29) is 16.9 Å². The number of amides is 1. The molecule has 4 nitrogen and oxygen atoms in total. The molecule has 3 saturated heterocycles. The van der Waals surface area contributed by atoms with Crippen LogP contribution in [-0.2, 0) is 16.1 Å². The number of hydrogen-bond donors (Lipinski definition) is 1. The number of hydrogen-bond acceptors (Lipinski definition) is 3. The number of nitrogens with zero attached hydrogens (tertiary/aromatic N) is 1. The van der Waals surface area contributed by atoms with Crippen molar-refractivity contribution in [1.29, 1.82) is 0 Å². The highest BCUT2D eigenvalue weighted by Crippen LogP contribution is 2.54. The highest BCUT2D eigenvalue weighted by Gasteiger charge is 2.62. The normalized spacial score (nSPS) is 33.5. The third-order valence-electron chi connectivity index (χ3n) is 6.35. The number of ether oxygens (including phenoxy) is 1. The van der Waals surface area contributed by atoms with E-state index < -0.39 is 0 Å². The molecule has 3 heterocycles. The lowest BCUT2D eigenvalue weighted by Gasteiger charge is -2.30. The Hall–Kier alpha value is -1.10. The van der Waals surface area contributed by atoms with Gasteiger partial charge in [-0.05, 0) is 30.5 Å². The van der Waals surface area contributed by atoms with Crippen molar-refractivity contribution < 1.29 is 9.53 Å². The highest BCUT2D eigenvalue weighted by atomic mass is 35.5. The van der Waals surface area contributed by atoms with Gasteiger partial charge in [-0.25, -0.2) is 0 Å². The quantitative estimate of drug-likeness (QED) is 0.874. The van der Waals surface area contributed by atoms with Crippen molar-refractivity contribution in [2.24, 2.45) is 17.3 Å². The molecular formula is C21H29ClN2O2. The van der Waals surface area contributed by atoms with E-state index in [0.29, 0.717) is 17.9 Å². The van der Waals surface area contributed by atoms with Crippen LogP contribution < -0.4 is 5.32 Å². The summed E-state index contributed by atoms with van der Waals surface area (Å²) in [6, 6.07) is 8.12. The van der Waals surface area contributed by atoms with E-state index in [2.05, 4.69) is 22.3 Å². The minimum Gasteiger partial charge on any atom is -0.370 e. The summed E-state index contributed by atoms with van der Waals surface area (Å²) < 4.78 is 6.49. The first-order chi connectivity index (χ1) is 12.3. The largest absolute Gasteiger partial charge is 0.370 e. The van der Waals surface area contributed by atoms with Crippen LogP contribution in [0, 0.1) is 17.3 Å². The summed E-state index contributed by atoms with van der Waals surface area (Å²) in [6.45, 7) is 9.61. The average Bonchev–Trinajstić information content (AvgIpc) is 3.21. The van der Waals surface area contributed by atoms with E-state index in [1.54, 1.807) is 0 Å². The Morgan fingerprint density at radius 2 is 2.08 bits per heavy atom. The summed E-state index contributed by atoms with van der Waals surface area (Å²) in [5.74, 6) is 1.09. The third-order valence-corrected chi connectivity index (χ3v) is 6.61. The molecule has 3 fully saturated rings. The Labute approximate surface area is 161 Å². The maximum Gasteiger partial charge on any atom is 0.225 e. The Balaban J connectivity index is 1.41. The molecule has 1 N–H and O–H groups in total. The zero-order valence-corrected chi connectivity index (χ0v) is 16.7. The summed E-state index contributed by atoms with van der Waals surface area (Å²) in [6.07, 6.45) is 2.60. The van der Waals surface area contributed by atoms with Gasteiger partial charge in [0.1, 0.15) is 0 Å². The van der Waals surface area contributed by atoms with Gasteiger partial charge in [0.15, 0.2) is 0 Å². The summed E-state index contributed by atoms with van der Waals surface area (Å²) in [7, 11) is 0. The zero-order chi connectivity index (χ0) is 18.5. The van der Waals surface area contributed by atoms with E-state index in [0.717, 1.165) is 44.0 Å². The van der Waals surface area contributed by atoms with Crippen LogP contribution in [0.5, 0.6) is 0 Å². The summed E-state index contributed by atoms with van der Waals surface area (Å²) in [4.78, 5) is 14.8. The topological polar surface area (TPSA) is 41.6 Å². The van der Waals surface area contributed by atoms with Crippen LogP contribution in [0.2, 0.25) is 5.02 Å². The lowest BCUT2D eigenvalue weighted by atomic mass is 9.73. The SMILES string of the molecule is CC(C)(C)C(=O)NC[C@H]1[C@H]2CN(Cc3ccc(Cl)cc3)C[C@]23CC[C@H]1O3. The predicted molar refractivity (Wildman–Crippen MR) is 103 cm³/mol. The van der Waals surface area contributed by atoms with Crippen molar-refractivity contribution in [3.63, 3.8) is 0 Å². The van der Waals surface area contributed by atoms with Crippen LogP contribution in [0.15, 0.2) is 24.3 Å². The van der Waals surface area contributed by atoms with Gasteiger partial charge in [-0.3, -0.25) is 9.69 Å². The van der Waals surface area contributed by atoms with Gasteiger partial charge >= 0.3 is 0 Å². The molecule has 0 aromatic heterocycles. The van der Waals surface area contributed by atoms with E-state index in [1.165, 1.54) is 5.56 Å². The maximum absolute atomic E-state index is 12.3. The van der Waals surface area contributed by atoms with Gasteiger partial charge in [-0.15, -0.1) is 0 Å². The van der Waals surface area contributed by atoms with Gasteiger partial charge in [-0.2, -0.15) is 0 Å². The smallest absolute Gasteiger partial charge is 0.225 e. The zero-order valence-electron chi connectivity index (χ0n) is 15.9. The number of nitrogens with one attached hydrogen (secondary N) is 1. The number of carbonyl (C=O) groups is 1. The van der Waals surface area contributed by atoms with Crippen molar-refractivity contribution in [3.05, 3.63) is 34.9 Å². The second-order valence-corrected chi connectivity index (χ2v) is 9.72. The molecule has 142 valence electrons. The highest BCUT2D eigenvalue weighted by molar-refractivity contribution is 6.30. The number of fused-ring (bicyclic) bond motifs is 1. The third kappa shape index (κ3) is 3.28. The number of benzene rings is 1. The second kappa shape index (κ2) is 6.50. The first-order valence-electron chi connectivity index (χ1n) is 9.70. The summed E-state index contributed by atoms with van der Waals surface area (Å²) in [5.41, 5.74) is 0.957. The molecule has 4 atom stereocenters. The predicted octanol–water partition coefficient (Wildman–Crippen LogP) is 3.48.